The molecule has 2 heterocycles. The van der Waals surface area contributed by atoms with Gasteiger partial charge in [0.2, 0.25) is 0 Å². The number of amides is 2. The van der Waals surface area contributed by atoms with Gasteiger partial charge in [0, 0.05) is 37.0 Å². The number of H-pyrrole nitrogens is 1. The van der Waals surface area contributed by atoms with E-state index in [1.54, 1.807) is 19.9 Å². The van der Waals surface area contributed by atoms with Gasteiger partial charge in [-0.2, -0.15) is 0 Å². The number of rotatable bonds is 9. The first-order chi connectivity index (χ1) is 16.2. The molecule has 1 aromatic heterocycles. The summed E-state index contributed by atoms with van der Waals surface area (Å²) in [7, 11) is 0. The predicted molar refractivity (Wildman–Crippen MR) is 129 cm³/mol. The Morgan fingerprint density at radius 1 is 1.24 bits per heavy atom. The van der Waals surface area contributed by atoms with Crippen molar-refractivity contribution in [1.82, 2.24) is 15.2 Å². The Labute approximate surface area is 198 Å². The molecule has 0 aliphatic carbocycles. The molecule has 0 saturated heterocycles. The van der Waals surface area contributed by atoms with Crippen LogP contribution in [0.1, 0.15) is 53.6 Å². The summed E-state index contributed by atoms with van der Waals surface area (Å²) in [6, 6.07) is 4.01. The fourth-order valence-electron chi connectivity index (χ4n) is 4.11. The first-order valence-electron chi connectivity index (χ1n) is 11.3. The Morgan fingerprint density at radius 3 is 2.59 bits per heavy atom. The maximum absolute atomic E-state index is 14.0. The molecule has 0 fully saturated rings. The van der Waals surface area contributed by atoms with Crippen LogP contribution in [0.5, 0.6) is 0 Å². The molecule has 9 heteroatoms. The minimum Gasteiger partial charge on any atom is -0.444 e. The molecule has 34 heavy (non-hydrogen) atoms. The van der Waals surface area contributed by atoms with E-state index in [-0.39, 0.29) is 18.2 Å². The molecule has 0 atom stereocenters. The zero-order chi connectivity index (χ0) is 25.0. The maximum atomic E-state index is 14.0. The highest BCUT2D eigenvalue weighted by Crippen LogP contribution is 2.38. The third kappa shape index (κ3) is 5.20. The Kier molecular flexibility index (Phi) is 7.88. The minimum absolute atomic E-state index is 0.191. The van der Waals surface area contributed by atoms with Crippen molar-refractivity contribution in [2.75, 3.05) is 37.8 Å². The molecule has 182 valence electrons. The lowest BCUT2D eigenvalue weighted by atomic mass is 10.0. The molecule has 0 unspecified atom stereocenters. The van der Waals surface area contributed by atoms with Crippen LogP contribution in [0, 0.1) is 19.7 Å². The van der Waals surface area contributed by atoms with Crippen LogP contribution < -0.4 is 10.2 Å². The third-order valence-corrected chi connectivity index (χ3v) is 6.01. The van der Waals surface area contributed by atoms with Crippen molar-refractivity contribution in [3.8, 4) is 0 Å². The lowest BCUT2D eigenvalue weighted by Gasteiger charge is -2.18. The van der Waals surface area contributed by atoms with Crippen molar-refractivity contribution in [2.24, 2.45) is 0 Å². The summed E-state index contributed by atoms with van der Waals surface area (Å²) < 4.78 is 19.0. The zero-order valence-electron chi connectivity index (χ0n) is 20.3. The van der Waals surface area contributed by atoms with Gasteiger partial charge in [0.1, 0.15) is 5.82 Å². The first-order valence-corrected chi connectivity index (χ1v) is 11.3. The lowest BCUT2D eigenvalue weighted by molar-refractivity contribution is -0.141. The summed E-state index contributed by atoms with van der Waals surface area (Å²) >= 11 is 0. The molecule has 2 amide bonds. The first kappa shape index (κ1) is 25.2. The van der Waals surface area contributed by atoms with Gasteiger partial charge in [-0.1, -0.05) is 13.8 Å². The highest BCUT2D eigenvalue weighted by atomic mass is 19.1. The molecule has 0 bridgehead atoms. The SMILES string of the molecule is CCN(CC)CCNC(=O)c1c(C)[nH]c(/C=C2\C(=O)N(COC(C)=O)c3ccc(F)cc32)c1C. The van der Waals surface area contributed by atoms with E-state index >= 15 is 0 Å². The van der Waals surface area contributed by atoms with Gasteiger partial charge in [-0.15, -0.1) is 0 Å². The van der Waals surface area contributed by atoms with Gasteiger partial charge < -0.3 is 19.9 Å². The standard InChI is InChI=1S/C25H31FN4O4/c1-6-29(7-2)11-10-27-24(32)23-15(3)21(28-16(23)4)13-20-19-12-18(26)8-9-22(19)30(25(20)33)14-34-17(5)31/h8-9,12-13,28H,6-7,10-11,14H2,1-5H3,(H,27,32)/b20-13-. The van der Waals surface area contributed by atoms with E-state index in [2.05, 4.69) is 29.0 Å². The van der Waals surface area contributed by atoms with Gasteiger partial charge in [-0.25, -0.2) is 4.39 Å². The van der Waals surface area contributed by atoms with Crippen LogP contribution in [0.4, 0.5) is 10.1 Å². The number of fused-ring (bicyclic) bond motifs is 1. The molecule has 1 aliphatic heterocycles. The fraction of sp³-hybridized carbons (Fsp3) is 0.400. The van der Waals surface area contributed by atoms with Gasteiger partial charge in [-0.3, -0.25) is 19.3 Å². The molecule has 0 spiro atoms. The molecule has 0 radical (unpaired) electrons. The Hall–Kier alpha value is -3.46. The normalized spacial score (nSPS) is 14.1. The number of halogens is 1. The average Bonchev–Trinajstić information content (AvgIpc) is 3.21. The number of hydrogen-bond acceptors (Lipinski definition) is 5. The van der Waals surface area contributed by atoms with Crippen LogP contribution >= 0.6 is 0 Å². The number of nitrogens with zero attached hydrogens (tertiary/aromatic N) is 2. The molecule has 0 saturated carbocycles. The summed E-state index contributed by atoms with van der Waals surface area (Å²) in [6.45, 7) is 11.8. The Balaban J connectivity index is 1.90. The molecule has 3 rings (SSSR count). The summed E-state index contributed by atoms with van der Waals surface area (Å²) in [5.41, 5.74) is 3.57. The Morgan fingerprint density at radius 2 is 1.94 bits per heavy atom. The van der Waals surface area contributed by atoms with E-state index in [0.29, 0.717) is 40.3 Å². The molecule has 1 aliphatic rings. The lowest BCUT2D eigenvalue weighted by Crippen LogP contribution is -2.35. The molecule has 1 aromatic carbocycles. The largest absolute Gasteiger partial charge is 0.444 e. The zero-order valence-corrected chi connectivity index (χ0v) is 20.3. The van der Waals surface area contributed by atoms with E-state index in [1.807, 2.05) is 0 Å². The molecule has 8 nitrogen and oxygen atoms in total. The van der Waals surface area contributed by atoms with Crippen LogP contribution in [0.3, 0.4) is 0 Å². The van der Waals surface area contributed by atoms with E-state index in [9.17, 15) is 18.8 Å². The number of aromatic nitrogens is 1. The second kappa shape index (κ2) is 10.6. The van der Waals surface area contributed by atoms with Crippen LogP contribution in [-0.2, 0) is 14.3 Å². The van der Waals surface area contributed by atoms with Gasteiger partial charge in [0.05, 0.1) is 16.8 Å². The van der Waals surface area contributed by atoms with E-state index in [0.717, 1.165) is 19.6 Å². The van der Waals surface area contributed by atoms with Gasteiger partial charge in [0.25, 0.3) is 11.8 Å². The van der Waals surface area contributed by atoms with Crippen LogP contribution in [-0.4, -0.2) is 60.6 Å². The maximum Gasteiger partial charge on any atom is 0.304 e. The summed E-state index contributed by atoms with van der Waals surface area (Å²) in [5.74, 6) is -1.62. The Bertz CT molecular complexity index is 1130. The van der Waals surface area contributed by atoms with E-state index in [1.165, 1.54) is 30.0 Å². The highest BCUT2D eigenvalue weighted by Gasteiger charge is 2.34. The molecule has 2 N–H and O–H groups in total. The second-order valence-electron chi connectivity index (χ2n) is 8.16. The number of hydrogen-bond donors (Lipinski definition) is 2. The summed E-state index contributed by atoms with van der Waals surface area (Å²) in [5, 5.41) is 2.96. The summed E-state index contributed by atoms with van der Waals surface area (Å²) in [4.78, 5) is 43.9. The van der Waals surface area contributed by atoms with Crippen molar-refractivity contribution in [3.05, 3.63) is 52.1 Å². The van der Waals surface area contributed by atoms with E-state index in [4.69, 9.17) is 4.74 Å². The topological polar surface area (TPSA) is 94.7 Å². The number of aryl methyl sites for hydroxylation is 1. The van der Waals surface area contributed by atoms with E-state index < -0.39 is 17.7 Å². The van der Waals surface area contributed by atoms with Crippen molar-refractivity contribution >= 4 is 35.1 Å². The van der Waals surface area contributed by atoms with Crippen molar-refractivity contribution in [1.29, 1.82) is 0 Å². The minimum atomic E-state index is -0.527. The van der Waals surface area contributed by atoms with Crippen molar-refractivity contribution in [2.45, 2.75) is 34.6 Å². The van der Waals surface area contributed by atoms with Crippen LogP contribution in [0.25, 0.3) is 11.6 Å². The number of aromatic amines is 1. The van der Waals surface area contributed by atoms with Gasteiger partial charge in [0.15, 0.2) is 6.73 Å². The van der Waals surface area contributed by atoms with Crippen molar-refractivity contribution in [3.63, 3.8) is 0 Å². The monoisotopic (exact) mass is 470 g/mol. The number of carbonyl (C=O) groups excluding carboxylic acids is 3. The number of nitrogens with one attached hydrogen (secondary N) is 2. The van der Waals surface area contributed by atoms with Gasteiger partial charge >= 0.3 is 5.97 Å². The average molecular weight is 471 g/mol. The fourth-order valence-corrected chi connectivity index (χ4v) is 4.11. The highest BCUT2D eigenvalue weighted by molar-refractivity contribution is 6.35. The molecular weight excluding hydrogens is 439 g/mol. The second-order valence-corrected chi connectivity index (χ2v) is 8.16. The quantitative estimate of drug-likeness (QED) is 0.433. The number of esters is 1. The smallest absolute Gasteiger partial charge is 0.304 e. The summed E-state index contributed by atoms with van der Waals surface area (Å²) in [6.07, 6.45) is 1.61. The predicted octanol–water partition coefficient (Wildman–Crippen LogP) is 3.25. The van der Waals surface area contributed by atoms with Crippen LogP contribution in [0.15, 0.2) is 18.2 Å². The molecule has 2 aromatic rings. The third-order valence-electron chi connectivity index (χ3n) is 6.01. The number of anilines is 1. The van der Waals surface area contributed by atoms with Gasteiger partial charge in [-0.05, 0) is 56.8 Å². The number of carbonyl (C=O) groups is 3. The number of ether oxygens (including phenoxy) is 1. The molecular formula is C25H31FN4O4. The number of likely N-dealkylation sites (N-methyl/N-ethyl adjacent to an activating group) is 1. The van der Waals surface area contributed by atoms with Crippen LogP contribution in [0.2, 0.25) is 0 Å². The number of benzene rings is 1. The van der Waals surface area contributed by atoms with Crippen molar-refractivity contribution < 1.29 is 23.5 Å².